The summed E-state index contributed by atoms with van der Waals surface area (Å²) < 4.78 is 24.7. The average Bonchev–Trinajstić information content (AvgIpc) is 3.02. The Morgan fingerprint density at radius 2 is 2.04 bits per heavy atom. The van der Waals surface area contributed by atoms with E-state index in [0.29, 0.717) is 4.90 Å². The molecule has 0 aliphatic carbocycles. The summed E-state index contributed by atoms with van der Waals surface area (Å²) in [4.78, 5) is 12.3. The Morgan fingerprint density at radius 1 is 1.22 bits per heavy atom. The van der Waals surface area contributed by atoms with Crippen LogP contribution in [0.5, 0.6) is 0 Å². The largest absolute Gasteiger partial charge is 0.377 e. The van der Waals surface area contributed by atoms with Crippen molar-refractivity contribution in [3.63, 3.8) is 0 Å². The van der Waals surface area contributed by atoms with Crippen molar-refractivity contribution in [1.29, 1.82) is 0 Å². The van der Waals surface area contributed by atoms with Gasteiger partial charge in [0.1, 0.15) is 5.84 Å². The van der Waals surface area contributed by atoms with Crippen molar-refractivity contribution in [3.8, 4) is 0 Å². The minimum Gasteiger partial charge on any atom is -0.377 e. The maximum atomic E-state index is 12.3. The maximum absolute atomic E-state index is 12.3. The molecule has 5 nitrogen and oxygen atoms in total. The molecule has 1 aromatic carbocycles. The molecule has 6 heteroatoms. The monoisotopic (exact) mass is 383 g/mol. The first-order valence-corrected chi connectivity index (χ1v) is 11.2. The van der Waals surface area contributed by atoms with Gasteiger partial charge in [-0.15, -0.1) is 0 Å². The average molecular weight is 384 g/mol. The second-order valence-electron chi connectivity index (χ2n) is 7.43. The molecule has 0 radical (unpaired) electrons. The molecule has 0 amide bonds. The molecule has 1 unspecified atom stereocenters. The van der Waals surface area contributed by atoms with Crippen LogP contribution >= 0.6 is 0 Å². The first kappa shape index (κ1) is 18.2. The molecule has 1 aromatic rings. The molecule has 1 spiro atoms. The lowest BCUT2D eigenvalue weighted by Gasteiger charge is -2.38. The summed E-state index contributed by atoms with van der Waals surface area (Å²) in [5.41, 5.74) is 3.93. The first-order valence-electron chi connectivity index (χ1n) is 9.51. The minimum atomic E-state index is -3.25. The highest BCUT2D eigenvalue weighted by Gasteiger charge is 2.47. The number of rotatable bonds is 4. The normalized spacial score (nSPS) is 24.5. The van der Waals surface area contributed by atoms with Crippen LogP contribution in [0, 0.1) is 5.41 Å². The zero-order chi connectivity index (χ0) is 19.2. The van der Waals surface area contributed by atoms with E-state index in [2.05, 4.69) is 24.1 Å². The summed E-state index contributed by atoms with van der Waals surface area (Å²) in [6.45, 7) is 4.58. The van der Waals surface area contributed by atoms with Gasteiger partial charge in [-0.3, -0.25) is 0 Å². The summed E-state index contributed by atoms with van der Waals surface area (Å²) in [5, 5.41) is 0. The molecule has 0 N–H and O–H groups in total. The van der Waals surface area contributed by atoms with Crippen molar-refractivity contribution < 1.29 is 8.42 Å². The van der Waals surface area contributed by atoms with Crippen LogP contribution in [0.4, 0.5) is 0 Å². The van der Waals surface area contributed by atoms with Gasteiger partial charge in [0.2, 0.25) is 0 Å². The molecule has 4 rings (SSSR count). The van der Waals surface area contributed by atoms with Gasteiger partial charge < -0.3 is 4.90 Å². The maximum Gasteiger partial charge on any atom is 0.178 e. The zero-order valence-corrected chi connectivity index (χ0v) is 16.9. The Kier molecular flexibility index (Phi) is 4.34. The lowest BCUT2D eigenvalue weighted by atomic mass is 9.71. The summed E-state index contributed by atoms with van der Waals surface area (Å²) in [6.07, 6.45) is 7.24. The quantitative estimate of drug-likeness (QED) is 0.796. The number of nitrogens with zero attached hydrogens (tertiary/aromatic N) is 3. The van der Waals surface area contributed by atoms with Crippen LogP contribution in [0.25, 0.3) is 5.70 Å². The Balaban J connectivity index is 1.89. The van der Waals surface area contributed by atoms with Crippen LogP contribution in [0.2, 0.25) is 0 Å². The first-order chi connectivity index (χ1) is 12.9. The number of hydrogen-bond acceptors (Lipinski definition) is 5. The molecule has 3 aliphatic rings. The van der Waals surface area contributed by atoms with E-state index in [1.165, 1.54) is 11.3 Å². The van der Waals surface area contributed by atoms with Crippen LogP contribution in [-0.2, 0) is 9.84 Å². The van der Waals surface area contributed by atoms with E-state index < -0.39 is 9.84 Å². The fraction of sp³-hybridized carbons (Fsp3) is 0.429. The molecular formula is C21H25N3O2S. The molecule has 0 fully saturated rings. The lowest BCUT2D eigenvalue weighted by Crippen LogP contribution is -2.39. The van der Waals surface area contributed by atoms with Gasteiger partial charge in [-0.05, 0) is 43.2 Å². The molecule has 3 heterocycles. The number of sulfone groups is 1. The van der Waals surface area contributed by atoms with Crippen LogP contribution in [0.1, 0.15) is 38.7 Å². The lowest BCUT2D eigenvalue weighted by molar-refractivity contribution is 0.412. The Labute approximate surface area is 161 Å². The third-order valence-electron chi connectivity index (χ3n) is 5.79. The third-order valence-corrected chi connectivity index (χ3v) is 7.52. The number of aliphatic imine (C=N–C) groups is 2. The van der Waals surface area contributed by atoms with E-state index in [4.69, 9.17) is 9.98 Å². The summed E-state index contributed by atoms with van der Waals surface area (Å²) >= 11 is 0. The van der Waals surface area contributed by atoms with E-state index >= 15 is 0 Å². The molecule has 0 bridgehead atoms. The fourth-order valence-electron chi connectivity index (χ4n) is 4.08. The van der Waals surface area contributed by atoms with Crippen molar-refractivity contribution >= 4 is 27.1 Å². The fourth-order valence-corrected chi connectivity index (χ4v) is 5.01. The van der Waals surface area contributed by atoms with Crippen LogP contribution in [-0.4, -0.2) is 44.2 Å². The van der Waals surface area contributed by atoms with Gasteiger partial charge in [-0.2, -0.15) is 0 Å². The zero-order valence-electron chi connectivity index (χ0n) is 16.1. The van der Waals surface area contributed by atoms with Gasteiger partial charge in [-0.25, -0.2) is 18.4 Å². The van der Waals surface area contributed by atoms with E-state index in [1.54, 1.807) is 19.1 Å². The molecule has 142 valence electrons. The Hall–Kier alpha value is -2.21. The molecular weight excluding hydrogens is 358 g/mol. The highest BCUT2D eigenvalue weighted by atomic mass is 32.2. The minimum absolute atomic E-state index is 0.0937. The predicted molar refractivity (Wildman–Crippen MR) is 110 cm³/mol. The van der Waals surface area contributed by atoms with E-state index in [9.17, 15) is 8.42 Å². The third kappa shape index (κ3) is 2.87. The standard InChI is InChI=1S/C21H25N3O2S/c1-4-16-9-10-21-11-12-24(3)14-18(21)19(23-20(21)22-16)15-7-6-8-17(13-15)27(25,26)5-2/h6-8,11-13H,4-5,9-10,14H2,1-3H3. The molecule has 0 saturated carbocycles. The van der Waals surface area contributed by atoms with Gasteiger partial charge in [-0.1, -0.05) is 32.1 Å². The summed E-state index contributed by atoms with van der Waals surface area (Å²) in [5.74, 6) is 0.958. The van der Waals surface area contributed by atoms with Crippen LogP contribution in [0.15, 0.2) is 57.0 Å². The van der Waals surface area contributed by atoms with Gasteiger partial charge >= 0.3 is 0 Å². The smallest absolute Gasteiger partial charge is 0.178 e. The summed E-state index contributed by atoms with van der Waals surface area (Å²) in [6, 6.07) is 7.19. The van der Waals surface area contributed by atoms with Gasteiger partial charge in [0.15, 0.2) is 9.84 Å². The van der Waals surface area contributed by atoms with Crippen LogP contribution < -0.4 is 0 Å². The topological polar surface area (TPSA) is 62.1 Å². The number of likely N-dealkylation sites (N-methyl/N-ethyl adjacent to an activating group) is 1. The predicted octanol–water partition coefficient (Wildman–Crippen LogP) is 3.69. The molecule has 0 saturated heterocycles. The van der Waals surface area contributed by atoms with E-state index in [-0.39, 0.29) is 11.2 Å². The van der Waals surface area contributed by atoms with Gasteiger partial charge in [0, 0.05) is 24.9 Å². The molecule has 3 aliphatic heterocycles. The van der Waals surface area contributed by atoms with Crippen molar-refractivity contribution in [2.24, 2.45) is 15.4 Å². The SMILES string of the molecule is CCC1=NC2=NC(c3cccc(S(=O)(=O)CC)c3)=C3CN(C)C=CC23CC1. The highest BCUT2D eigenvalue weighted by Crippen LogP contribution is 2.50. The van der Waals surface area contributed by atoms with Crippen molar-refractivity contribution in [1.82, 2.24) is 4.90 Å². The second-order valence-corrected chi connectivity index (χ2v) is 9.71. The van der Waals surface area contributed by atoms with E-state index in [1.807, 2.05) is 19.2 Å². The van der Waals surface area contributed by atoms with Gasteiger partial charge in [0.25, 0.3) is 0 Å². The van der Waals surface area contributed by atoms with Crippen molar-refractivity contribution in [3.05, 3.63) is 47.7 Å². The molecule has 27 heavy (non-hydrogen) atoms. The highest BCUT2D eigenvalue weighted by molar-refractivity contribution is 7.91. The molecule has 0 aromatic heterocycles. The second kappa shape index (κ2) is 6.44. The Morgan fingerprint density at radius 3 is 2.78 bits per heavy atom. The van der Waals surface area contributed by atoms with Crippen LogP contribution in [0.3, 0.4) is 0 Å². The number of amidine groups is 1. The van der Waals surface area contributed by atoms with Gasteiger partial charge in [0.05, 0.1) is 21.8 Å². The summed E-state index contributed by atoms with van der Waals surface area (Å²) in [7, 11) is -1.20. The number of benzene rings is 1. The Bertz CT molecular complexity index is 1020. The van der Waals surface area contributed by atoms with Crippen molar-refractivity contribution in [2.75, 3.05) is 19.3 Å². The molecule has 1 atom stereocenters. The van der Waals surface area contributed by atoms with E-state index in [0.717, 1.165) is 42.9 Å². The number of hydrogen-bond donors (Lipinski definition) is 0. The van der Waals surface area contributed by atoms with Crippen molar-refractivity contribution in [2.45, 2.75) is 38.0 Å².